The second-order valence-corrected chi connectivity index (χ2v) is 4.87. The van der Waals surface area contributed by atoms with E-state index in [0.29, 0.717) is 12.1 Å². The Hall–Kier alpha value is -1.28. The predicted octanol–water partition coefficient (Wildman–Crippen LogP) is 2.64. The molecule has 1 atom stereocenters. The Kier molecular flexibility index (Phi) is 4.76. The van der Waals surface area contributed by atoms with Gasteiger partial charge in [-0.2, -0.15) is 5.26 Å². The average Bonchev–Trinajstić information content (AvgIpc) is 2.68. The molecule has 0 spiro atoms. The number of hydrogen-bond acceptors (Lipinski definition) is 2. The summed E-state index contributed by atoms with van der Waals surface area (Å²) in [5.41, 5.74) is 0.645. The molecule has 1 rings (SSSR count). The van der Waals surface area contributed by atoms with E-state index in [1.54, 1.807) is 18.0 Å². The van der Waals surface area contributed by atoms with Gasteiger partial charge in [0.05, 0.1) is 12.5 Å². The van der Waals surface area contributed by atoms with Gasteiger partial charge < -0.3 is 9.47 Å². The maximum absolute atomic E-state index is 12.2. The molecular weight excluding hydrogens is 282 g/mol. The number of amides is 1. The standard InChI is InChI=1S/C12H16BrN3O/c1-4-16-8-10(13)7-11(16)12(17)15(3)9(2)5-6-14/h7-9H,4-5H2,1-3H3. The van der Waals surface area contributed by atoms with Gasteiger partial charge in [-0.25, -0.2) is 0 Å². The van der Waals surface area contributed by atoms with Crippen molar-refractivity contribution < 1.29 is 4.79 Å². The molecule has 0 bridgehead atoms. The van der Waals surface area contributed by atoms with Crippen LogP contribution in [-0.2, 0) is 6.54 Å². The van der Waals surface area contributed by atoms with Crippen molar-refractivity contribution in [1.29, 1.82) is 5.26 Å². The van der Waals surface area contributed by atoms with E-state index >= 15 is 0 Å². The summed E-state index contributed by atoms with van der Waals surface area (Å²) >= 11 is 3.37. The predicted molar refractivity (Wildman–Crippen MR) is 69.6 cm³/mol. The van der Waals surface area contributed by atoms with Gasteiger partial charge in [0.25, 0.3) is 5.91 Å². The van der Waals surface area contributed by atoms with Gasteiger partial charge in [0.2, 0.25) is 0 Å². The molecule has 4 nitrogen and oxygen atoms in total. The molecule has 0 fully saturated rings. The van der Waals surface area contributed by atoms with Crippen molar-refractivity contribution in [2.45, 2.75) is 32.9 Å². The highest BCUT2D eigenvalue weighted by molar-refractivity contribution is 9.10. The maximum Gasteiger partial charge on any atom is 0.270 e. The van der Waals surface area contributed by atoms with E-state index in [0.717, 1.165) is 11.0 Å². The highest BCUT2D eigenvalue weighted by Gasteiger charge is 2.20. The molecule has 0 aliphatic rings. The zero-order valence-corrected chi connectivity index (χ0v) is 11.9. The number of nitrogens with zero attached hydrogens (tertiary/aromatic N) is 3. The minimum Gasteiger partial charge on any atom is -0.343 e. The van der Waals surface area contributed by atoms with Gasteiger partial charge in [0.1, 0.15) is 5.69 Å². The van der Waals surface area contributed by atoms with Crippen molar-refractivity contribution in [2.75, 3.05) is 7.05 Å². The fourth-order valence-corrected chi connectivity index (χ4v) is 2.03. The highest BCUT2D eigenvalue weighted by Crippen LogP contribution is 2.17. The van der Waals surface area contributed by atoms with E-state index in [1.807, 2.05) is 24.6 Å². The number of aryl methyl sites for hydroxylation is 1. The molecule has 17 heavy (non-hydrogen) atoms. The van der Waals surface area contributed by atoms with Crippen LogP contribution in [0.2, 0.25) is 0 Å². The Bertz CT molecular complexity index is 447. The fraction of sp³-hybridized carbons (Fsp3) is 0.500. The molecule has 0 aliphatic heterocycles. The van der Waals surface area contributed by atoms with Crippen LogP contribution in [0.5, 0.6) is 0 Å². The number of aromatic nitrogens is 1. The summed E-state index contributed by atoms with van der Waals surface area (Å²) in [5.74, 6) is -0.0553. The van der Waals surface area contributed by atoms with Gasteiger partial charge in [0.15, 0.2) is 0 Å². The first kappa shape index (κ1) is 13.8. The summed E-state index contributed by atoms with van der Waals surface area (Å²) in [7, 11) is 1.73. The lowest BCUT2D eigenvalue weighted by Crippen LogP contribution is -2.35. The van der Waals surface area contributed by atoms with E-state index in [4.69, 9.17) is 5.26 Å². The quantitative estimate of drug-likeness (QED) is 0.858. The summed E-state index contributed by atoms with van der Waals surface area (Å²) in [6.45, 7) is 4.60. The summed E-state index contributed by atoms with van der Waals surface area (Å²) in [5, 5.41) is 8.64. The molecule has 0 saturated carbocycles. The summed E-state index contributed by atoms with van der Waals surface area (Å²) in [6.07, 6.45) is 2.23. The highest BCUT2D eigenvalue weighted by atomic mass is 79.9. The lowest BCUT2D eigenvalue weighted by atomic mass is 10.2. The van der Waals surface area contributed by atoms with Gasteiger partial charge in [-0.15, -0.1) is 0 Å². The molecule has 0 N–H and O–H groups in total. The number of nitriles is 1. The Labute approximate surface area is 110 Å². The number of carbonyl (C=O) groups excluding carboxylic acids is 1. The van der Waals surface area contributed by atoms with Gasteiger partial charge >= 0.3 is 0 Å². The van der Waals surface area contributed by atoms with Gasteiger partial charge in [-0.1, -0.05) is 0 Å². The van der Waals surface area contributed by atoms with Crippen molar-refractivity contribution >= 4 is 21.8 Å². The van der Waals surface area contributed by atoms with E-state index in [9.17, 15) is 4.79 Å². The summed E-state index contributed by atoms with van der Waals surface area (Å²) in [6, 6.07) is 3.81. The average molecular weight is 298 g/mol. The summed E-state index contributed by atoms with van der Waals surface area (Å²) in [4.78, 5) is 13.8. The van der Waals surface area contributed by atoms with Crippen molar-refractivity contribution in [3.05, 3.63) is 22.4 Å². The molecule has 0 aromatic carbocycles. The van der Waals surface area contributed by atoms with Gasteiger partial charge in [-0.05, 0) is 35.8 Å². The molecule has 1 aromatic heterocycles. The third-order valence-corrected chi connectivity index (χ3v) is 3.22. The number of carbonyl (C=O) groups is 1. The lowest BCUT2D eigenvalue weighted by molar-refractivity contribution is 0.0735. The number of halogens is 1. The third-order valence-electron chi connectivity index (χ3n) is 2.79. The number of hydrogen-bond donors (Lipinski definition) is 0. The summed E-state index contributed by atoms with van der Waals surface area (Å²) < 4.78 is 2.78. The zero-order valence-electron chi connectivity index (χ0n) is 10.3. The molecule has 0 saturated heterocycles. The lowest BCUT2D eigenvalue weighted by Gasteiger charge is -2.23. The topological polar surface area (TPSA) is 49.0 Å². The van der Waals surface area contributed by atoms with Gasteiger partial charge in [-0.3, -0.25) is 4.79 Å². The van der Waals surface area contributed by atoms with Crippen LogP contribution in [-0.4, -0.2) is 28.5 Å². The molecule has 1 aromatic rings. The molecule has 1 amide bonds. The van der Waals surface area contributed by atoms with E-state index < -0.39 is 0 Å². The molecule has 1 heterocycles. The maximum atomic E-state index is 12.2. The smallest absolute Gasteiger partial charge is 0.270 e. The minimum atomic E-state index is -0.0773. The van der Waals surface area contributed by atoms with Crippen molar-refractivity contribution in [3.8, 4) is 6.07 Å². The Morgan fingerprint density at radius 3 is 2.88 bits per heavy atom. The largest absolute Gasteiger partial charge is 0.343 e. The second-order valence-electron chi connectivity index (χ2n) is 3.96. The van der Waals surface area contributed by atoms with Crippen LogP contribution in [0.3, 0.4) is 0 Å². The minimum absolute atomic E-state index is 0.0553. The number of rotatable bonds is 4. The zero-order chi connectivity index (χ0) is 13.0. The van der Waals surface area contributed by atoms with Crippen molar-refractivity contribution in [2.24, 2.45) is 0 Å². The first-order valence-electron chi connectivity index (χ1n) is 5.51. The van der Waals surface area contributed by atoms with Crippen molar-refractivity contribution in [1.82, 2.24) is 9.47 Å². The van der Waals surface area contributed by atoms with Gasteiger partial charge in [0, 0.05) is 30.3 Å². The van der Waals surface area contributed by atoms with Crippen LogP contribution >= 0.6 is 15.9 Å². The monoisotopic (exact) mass is 297 g/mol. The first-order chi connectivity index (χ1) is 8.01. The van der Waals surface area contributed by atoms with Crippen LogP contribution in [0, 0.1) is 11.3 Å². The van der Waals surface area contributed by atoms with Crippen LogP contribution in [0.4, 0.5) is 0 Å². The second kappa shape index (κ2) is 5.87. The van der Waals surface area contributed by atoms with E-state index in [2.05, 4.69) is 22.0 Å². The van der Waals surface area contributed by atoms with Crippen LogP contribution in [0.15, 0.2) is 16.7 Å². The Morgan fingerprint density at radius 2 is 2.35 bits per heavy atom. The fourth-order valence-electron chi connectivity index (χ4n) is 1.57. The molecule has 1 unspecified atom stereocenters. The normalized spacial score (nSPS) is 11.9. The van der Waals surface area contributed by atoms with E-state index in [1.165, 1.54) is 0 Å². The van der Waals surface area contributed by atoms with Crippen LogP contribution < -0.4 is 0 Å². The van der Waals surface area contributed by atoms with Crippen LogP contribution in [0.25, 0.3) is 0 Å². The molecular formula is C12H16BrN3O. The first-order valence-corrected chi connectivity index (χ1v) is 6.30. The molecule has 92 valence electrons. The Morgan fingerprint density at radius 1 is 1.71 bits per heavy atom. The SMILES string of the molecule is CCn1cc(Br)cc1C(=O)N(C)C(C)CC#N. The molecule has 0 radical (unpaired) electrons. The third kappa shape index (κ3) is 3.10. The molecule has 0 aliphatic carbocycles. The Balaban J connectivity index is 2.92. The van der Waals surface area contributed by atoms with Crippen LogP contribution in [0.1, 0.15) is 30.8 Å². The van der Waals surface area contributed by atoms with Crippen molar-refractivity contribution in [3.63, 3.8) is 0 Å². The van der Waals surface area contributed by atoms with E-state index in [-0.39, 0.29) is 11.9 Å². The molecule has 5 heteroatoms.